The fourth-order valence-corrected chi connectivity index (χ4v) is 2.19. The molecule has 0 radical (unpaired) electrons. The van der Waals surface area contributed by atoms with Crippen molar-refractivity contribution in [3.63, 3.8) is 0 Å². The number of hydrogen-bond acceptors (Lipinski definition) is 2. The van der Waals surface area contributed by atoms with Crippen molar-refractivity contribution in [1.29, 1.82) is 0 Å². The highest BCUT2D eigenvalue weighted by Crippen LogP contribution is 2.31. The Labute approximate surface area is 121 Å². The number of nitrogens with zero attached hydrogens (tertiary/aromatic N) is 1. The smallest absolute Gasteiger partial charge is 0.337 e. The van der Waals surface area contributed by atoms with Crippen molar-refractivity contribution in [1.82, 2.24) is 0 Å². The molecule has 2 aromatic carbocycles. The number of hydrogen-bond donors (Lipinski definition) is 1. The lowest BCUT2D eigenvalue weighted by Gasteiger charge is -2.25. The molecule has 0 heterocycles. The van der Waals surface area contributed by atoms with E-state index in [1.807, 2.05) is 6.92 Å². The van der Waals surface area contributed by atoms with Crippen molar-refractivity contribution in [2.75, 3.05) is 11.4 Å². The topological polar surface area (TPSA) is 40.5 Å². The van der Waals surface area contributed by atoms with Crippen LogP contribution in [0.3, 0.4) is 0 Å². The fraction of sp³-hybridized carbons (Fsp3) is 0.133. The number of carboxylic acid groups (broad SMARTS) is 1. The lowest BCUT2D eigenvalue weighted by molar-refractivity contribution is 0.0697. The number of halogens is 2. The standard InChI is InChI=1S/C15H13ClFNO2/c1-2-18(12-6-4-11(17)5-7-12)14-9-10(16)3-8-13(14)15(19)20/h3-9H,2H2,1H3,(H,19,20). The summed E-state index contributed by atoms with van der Waals surface area (Å²) in [7, 11) is 0. The quantitative estimate of drug-likeness (QED) is 0.912. The summed E-state index contributed by atoms with van der Waals surface area (Å²) in [6, 6.07) is 10.5. The predicted molar refractivity (Wildman–Crippen MR) is 77.5 cm³/mol. The van der Waals surface area contributed by atoms with Crippen LogP contribution in [0.2, 0.25) is 5.02 Å². The summed E-state index contributed by atoms with van der Waals surface area (Å²) in [6.07, 6.45) is 0. The molecular weight excluding hydrogens is 281 g/mol. The van der Waals surface area contributed by atoms with Gasteiger partial charge in [-0.1, -0.05) is 11.6 Å². The zero-order valence-corrected chi connectivity index (χ0v) is 11.6. The Hall–Kier alpha value is -2.07. The zero-order valence-electron chi connectivity index (χ0n) is 10.8. The van der Waals surface area contributed by atoms with Crippen LogP contribution >= 0.6 is 11.6 Å². The van der Waals surface area contributed by atoms with Gasteiger partial charge in [0.15, 0.2) is 0 Å². The lowest BCUT2D eigenvalue weighted by atomic mass is 10.1. The molecular formula is C15H13ClFNO2. The van der Waals surface area contributed by atoms with Crippen LogP contribution in [0.5, 0.6) is 0 Å². The molecule has 0 bridgehead atoms. The van der Waals surface area contributed by atoms with Crippen LogP contribution in [-0.4, -0.2) is 17.6 Å². The second-order valence-electron chi connectivity index (χ2n) is 4.19. The van der Waals surface area contributed by atoms with Crippen LogP contribution in [0.25, 0.3) is 0 Å². The number of benzene rings is 2. The van der Waals surface area contributed by atoms with Gasteiger partial charge in [-0.25, -0.2) is 9.18 Å². The first-order valence-electron chi connectivity index (χ1n) is 6.09. The van der Waals surface area contributed by atoms with Crippen molar-refractivity contribution in [2.45, 2.75) is 6.92 Å². The van der Waals surface area contributed by atoms with Gasteiger partial charge in [0.2, 0.25) is 0 Å². The molecule has 0 unspecified atom stereocenters. The first-order chi connectivity index (χ1) is 9.52. The minimum Gasteiger partial charge on any atom is -0.478 e. The summed E-state index contributed by atoms with van der Waals surface area (Å²) < 4.78 is 13.0. The van der Waals surface area contributed by atoms with Gasteiger partial charge < -0.3 is 10.0 Å². The Morgan fingerprint density at radius 3 is 2.45 bits per heavy atom. The number of carboxylic acids is 1. The van der Waals surface area contributed by atoms with Gasteiger partial charge in [0.05, 0.1) is 11.3 Å². The van der Waals surface area contributed by atoms with Gasteiger partial charge >= 0.3 is 5.97 Å². The normalized spacial score (nSPS) is 10.3. The summed E-state index contributed by atoms with van der Waals surface area (Å²) >= 11 is 5.96. The molecule has 0 saturated heterocycles. The minimum absolute atomic E-state index is 0.153. The molecule has 0 fully saturated rings. The van der Waals surface area contributed by atoms with E-state index < -0.39 is 5.97 Å². The third kappa shape index (κ3) is 2.91. The van der Waals surface area contributed by atoms with E-state index in [9.17, 15) is 14.3 Å². The molecule has 0 amide bonds. The monoisotopic (exact) mass is 293 g/mol. The van der Waals surface area contributed by atoms with Crippen LogP contribution < -0.4 is 4.90 Å². The molecule has 0 aromatic heterocycles. The number of rotatable bonds is 4. The maximum absolute atomic E-state index is 13.0. The molecule has 0 aliphatic rings. The molecule has 0 aliphatic heterocycles. The average molecular weight is 294 g/mol. The zero-order chi connectivity index (χ0) is 14.7. The van der Waals surface area contributed by atoms with Crippen molar-refractivity contribution in [3.8, 4) is 0 Å². The van der Waals surface area contributed by atoms with Crippen LogP contribution in [0, 0.1) is 5.82 Å². The average Bonchev–Trinajstić information content (AvgIpc) is 2.41. The van der Waals surface area contributed by atoms with E-state index >= 15 is 0 Å². The third-order valence-corrected chi connectivity index (χ3v) is 3.17. The van der Waals surface area contributed by atoms with Crippen molar-refractivity contribution >= 4 is 28.9 Å². The van der Waals surface area contributed by atoms with Crippen molar-refractivity contribution < 1.29 is 14.3 Å². The number of aromatic carboxylic acids is 1. The summed E-state index contributed by atoms with van der Waals surface area (Å²) in [5.41, 5.74) is 1.35. The van der Waals surface area contributed by atoms with Crippen LogP contribution in [0.1, 0.15) is 17.3 Å². The van der Waals surface area contributed by atoms with E-state index in [0.717, 1.165) is 0 Å². The Kier molecular flexibility index (Phi) is 4.25. The van der Waals surface area contributed by atoms with Gasteiger partial charge in [0, 0.05) is 17.3 Å². The molecule has 1 N–H and O–H groups in total. The summed E-state index contributed by atoms with van der Waals surface area (Å²) in [5, 5.41) is 9.71. The van der Waals surface area contributed by atoms with Gasteiger partial charge in [0.1, 0.15) is 5.82 Å². The first-order valence-corrected chi connectivity index (χ1v) is 6.46. The molecule has 0 atom stereocenters. The van der Waals surface area contributed by atoms with E-state index in [1.54, 1.807) is 23.1 Å². The maximum atomic E-state index is 13.0. The molecule has 0 saturated carbocycles. The molecule has 2 rings (SSSR count). The van der Waals surface area contributed by atoms with Gasteiger partial charge in [-0.15, -0.1) is 0 Å². The second-order valence-corrected chi connectivity index (χ2v) is 4.62. The Bertz CT molecular complexity index is 628. The highest BCUT2D eigenvalue weighted by molar-refractivity contribution is 6.31. The molecule has 20 heavy (non-hydrogen) atoms. The first kappa shape index (κ1) is 14.3. The Morgan fingerprint density at radius 1 is 1.25 bits per heavy atom. The summed E-state index contributed by atoms with van der Waals surface area (Å²) in [4.78, 5) is 13.1. The highest BCUT2D eigenvalue weighted by Gasteiger charge is 2.17. The summed E-state index contributed by atoms with van der Waals surface area (Å²) in [6.45, 7) is 2.42. The van der Waals surface area contributed by atoms with Gasteiger partial charge in [-0.3, -0.25) is 0 Å². The molecule has 104 valence electrons. The minimum atomic E-state index is -1.03. The van der Waals surface area contributed by atoms with Crippen LogP contribution in [-0.2, 0) is 0 Å². The largest absolute Gasteiger partial charge is 0.478 e. The summed E-state index contributed by atoms with van der Waals surface area (Å²) in [5.74, 6) is -1.37. The van der Waals surface area contributed by atoms with Gasteiger partial charge in [0.25, 0.3) is 0 Å². The third-order valence-electron chi connectivity index (χ3n) is 2.94. The maximum Gasteiger partial charge on any atom is 0.337 e. The number of anilines is 2. The SMILES string of the molecule is CCN(c1ccc(F)cc1)c1cc(Cl)ccc1C(=O)O. The Balaban J connectivity index is 2.53. The predicted octanol–water partition coefficient (Wildman–Crippen LogP) is 4.34. The van der Waals surface area contributed by atoms with Crippen molar-refractivity contribution in [3.05, 3.63) is 58.9 Å². The van der Waals surface area contributed by atoms with Crippen molar-refractivity contribution in [2.24, 2.45) is 0 Å². The molecule has 5 heteroatoms. The van der Waals surface area contributed by atoms with Crippen LogP contribution in [0.15, 0.2) is 42.5 Å². The molecule has 0 spiro atoms. The Morgan fingerprint density at radius 2 is 1.90 bits per heavy atom. The van der Waals surface area contributed by atoms with Gasteiger partial charge in [-0.05, 0) is 49.4 Å². The molecule has 0 aliphatic carbocycles. The fourth-order valence-electron chi connectivity index (χ4n) is 2.02. The van der Waals surface area contributed by atoms with E-state index in [0.29, 0.717) is 22.9 Å². The van der Waals surface area contributed by atoms with E-state index in [1.165, 1.54) is 24.3 Å². The molecule has 2 aromatic rings. The van der Waals surface area contributed by atoms with E-state index in [2.05, 4.69) is 0 Å². The van der Waals surface area contributed by atoms with E-state index in [-0.39, 0.29) is 11.4 Å². The highest BCUT2D eigenvalue weighted by atomic mass is 35.5. The molecule has 3 nitrogen and oxygen atoms in total. The second kappa shape index (κ2) is 5.92. The van der Waals surface area contributed by atoms with E-state index in [4.69, 9.17) is 11.6 Å². The lowest BCUT2D eigenvalue weighted by Crippen LogP contribution is -2.19. The number of carbonyl (C=O) groups is 1. The van der Waals surface area contributed by atoms with Gasteiger partial charge in [-0.2, -0.15) is 0 Å². The van der Waals surface area contributed by atoms with Crippen LogP contribution in [0.4, 0.5) is 15.8 Å².